The van der Waals surface area contributed by atoms with E-state index >= 15 is 0 Å². The minimum Gasteiger partial charge on any atom is -0.381 e. The van der Waals surface area contributed by atoms with Crippen LogP contribution < -0.4 is 4.90 Å². The molecule has 2 aliphatic heterocycles. The van der Waals surface area contributed by atoms with E-state index < -0.39 is 21.8 Å². The average molecular weight is 545 g/mol. The predicted molar refractivity (Wildman–Crippen MR) is 136 cm³/mol. The van der Waals surface area contributed by atoms with Crippen molar-refractivity contribution < 1.29 is 31.4 Å². The molecule has 2 saturated heterocycles. The van der Waals surface area contributed by atoms with Crippen molar-refractivity contribution in [2.75, 3.05) is 37.7 Å². The lowest BCUT2D eigenvalue weighted by Crippen LogP contribution is -2.56. The van der Waals surface area contributed by atoms with Gasteiger partial charge in [-0.3, -0.25) is 0 Å². The monoisotopic (exact) mass is 544 g/mol. The third-order valence-corrected chi connectivity index (χ3v) is 9.75. The quantitative estimate of drug-likeness (QED) is 0.539. The van der Waals surface area contributed by atoms with Gasteiger partial charge >= 0.3 is 6.18 Å². The zero-order valence-corrected chi connectivity index (χ0v) is 21.7. The molecule has 0 bridgehead atoms. The molecule has 0 unspecified atom stereocenters. The van der Waals surface area contributed by atoms with Gasteiger partial charge in [0.1, 0.15) is 0 Å². The lowest BCUT2D eigenvalue weighted by molar-refractivity contribution is -0.258. The number of thiocarbonyl (C=S) groups is 1. The molecule has 2 fully saturated rings. The highest BCUT2D eigenvalue weighted by atomic mass is 32.2. The first-order valence-electron chi connectivity index (χ1n) is 12.1. The highest BCUT2D eigenvalue weighted by molar-refractivity contribution is 7.96. The number of aliphatic hydroxyl groups is 1. The fraction of sp³-hybridized carbons (Fsp3) is 0.560. The third-order valence-electron chi connectivity index (χ3n) is 7.28. The second kappa shape index (κ2) is 10.5. The number of benzene rings is 1. The van der Waals surface area contributed by atoms with Crippen LogP contribution in [0.1, 0.15) is 38.2 Å². The van der Waals surface area contributed by atoms with Crippen molar-refractivity contribution in [2.24, 2.45) is 5.92 Å². The van der Waals surface area contributed by atoms with Crippen LogP contribution in [0.4, 0.5) is 18.9 Å². The number of ether oxygens (including phenoxy) is 1. The van der Waals surface area contributed by atoms with Crippen molar-refractivity contribution in [2.45, 2.75) is 50.4 Å². The molecule has 4 rings (SSSR count). The fourth-order valence-electron chi connectivity index (χ4n) is 4.99. The van der Waals surface area contributed by atoms with Gasteiger partial charge in [-0.25, -0.2) is 8.42 Å². The van der Waals surface area contributed by atoms with Gasteiger partial charge in [-0.1, -0.05) is 36.5 Å². The normalized spacial score (nSPS) is 24.5. The fourth-order valence-corrected chi connectivity index (χ4v) is 7.06. The minimum atomic E-state index is -4.80. The van der Waals surface area contributed by atoms with Crippen LogP contribution in [-0.4, -0.2) is 67.8 Å². The van der Waals surface area contributed by atoms with Crippen LogP contribution in [0, 0.1) is 5.92 Å². The topological polar surface area (TPSA) is 70.1 Å². The highest BCUT2D eigenvalue weighted by Crippen LogP contribution is 2.39. The molecule has 1 aromatic rings. The van der Waals surface area contributed by atoms with Crippen molar-refractivity contribution >= 4 is 32.8 Å². The molecule has 2 heterocycles. The molecule has 0 radical (unpaired) electrons. The van der Waals surface area contributed by atoms with E-state index in [1.54, 1.807) is 24.3 Å². The Hall–Kier alpha value is -1.79. The Morgan fingerprint density at radius 2 is 1.81 bits per heavy atom. The Morgan fingerprint density at radius 1 is 1.14 bits per heavy atom. The van der Waals surface area contributed by atoms with Gasteiger partial charge in [0.15, 0.2) is 5.60 Å². The second-order valence-electron chi connectivity index (χ2n) is 9.70. The summed E-state index contributed by atoms with van der Waals surface area (Å²) in [5.41, 5.74) is -2.51. The molecule has 198 valence electrons. The molecule has 1 aliphatic carbocycles. The van der Waals surface area contributed by atoms with E-state index in [1.165, 1.54) is 16.4 Å². The highest BCUT2D eigenvalue weighted by Gasteiger charge is 2.51. The van der Waals surface area contributed by atoms with Gasteiger partial charge in [0, 0.05) is 55.9 Å². The predicted octanol–water partition coefficient (Wildman–Crippen LogP) is 4.31. The molecule has 0 amide bonds. The van der Waals surface area contributed by atoms with Crippen LogP contribution in [0.3, 0.4) is 0 Å². The van der Waals surface area contributed by atoms with E-state index in [4.69, 9.17) is 17.0 Å². The van der Waals surface area contributed by atoms with Crippen molar-refractivity contribution in [3.05, 3.63) is 53.0 Å². The van der Waals surface area contributed by atoms with Crippen molar-refractivity contribution in [1.82, 2.24) is 4.31 Å². The molecule has 11 heteroatoms. The van der Waals surface area contributed by atoms with E-state index in [0.29, 0.717) is 42.6 Å². The van der Waals surface area contributed by atoms with Gasteiger partial charge in [0.05, 0.1) is 4.91 Å². The number of sulfonamides is 1. The zero-order valence-electron chi connectivity index (χ0n) is 20.1. The Kier molecular flexibility index (Phi) is 7.97. The van der Waals surface area contributed by atoms with Gasteiger partial charge in [-0.15, -0.1) is 0 Å². The summed E-state index contributed by atoms with van der Waals surface area (Å²) < 4.78 is 73.7. The van der Waals surface area contributed by atoms with Crippen LogP contribution in [-0.2, 0) is 20.4 Å². The van der Waals surface area contributed by atoms with Crippen LogP contribution >= 0.6 is 12.2 Å². The van der Waals surface area contributed by atoms with E-state index in [2.05, 4.69) is 4.90 Å². The van der Waals surface area contributed by atoms with Gasteiger partial charge < -0.3 is 14.7 Å². The number of allylic oxidation sites excluding steroid dienone is 4. The van der Waals surface area contributed by atoms with Crippen LogP contribution in [0.5, 0.6) is 0 Å². The Morgan fingerprint density at radius 3 is 2.42 bits per heavy atom. The zero-order chi connectivity index (χ0) is 26.1. The summed E-state index contributed by atoms with van der Waals surface area (Å²) in [4.78, 5) is 2.63. The first kappa shape index (κ1) is 27.3. The first-order valence-corrected chi connectivity index (χ1v) is 13.9. The van der Waals surface area contributed by atoms with Crippen LogP contribution in [0.2, 0.25) is 0 Å². The van der Waals surface area contributed by atoms with E-state index in [1.807, 2.05) is 6.08 Å². The Bertz CT molecular complexity index is 1120. The number of hydrogen-bond donors (Lipinski definition) is 1. The number of halogens is 3. The number of piperazine rings is 1. The maximum Gasteiger partial charge on any atom is 0.421 e. The summed E-state index contributed by atoms with van der Waals surface area (Å²) in [6.07, 6.45) is 3.19. The first-order chi connectivity index (χ1) is 16.9. The number of hydrogen-bond acceptors (Lipinski definition) is 6. The van der Waals surface area contributed by atoms with E-state index in [-0.39, 0.29) is 29.6 Å². The number of anilines is 1. The summed E-state index contributed by atoms with van der Waals surface area (Å²) in [7, 11) is -3.76. The average Bonchev–Trinajstić information content (AvgIpc) is 2.84. The largest absolute Gasteiger partial charge is 0.421 e. The molecule has 6 nitrogen and oxygen atoms in total. The van der Waals surface area contributed by atoms with Crippen LogP contribution in [0.15, 0.2) is 47.4 Å². The molecule has 3 aliphatic rings. The molecule has 0 spiro atoms. The second-order valence-corrected chi connectivity index (χ2v) is 12.1. The molecular weight excluding hydrogens is 513 g/mol. The molecule has 0 aromatic heterocycles. The van der Waals surface area contributed by atoms with E-state index in [0.717, 1.165) is 26.2 Å². The van der Waals surface area contributed by atoms with Crippen LogP contribution in [0.25, 0.3) is 0 Å². The third kappa shape index (κ3) is 5.55. The maximum atomic E-state index is 13.4. The summed E-state index contributed by atoms with van der Waals surface area (Å²) >= 11 is 5.32. The summed E-state index contributed by atoms with van der Waals surface area (Å²) in [5, 5.41) is 10.0. The van der Waals surface area contributed by atoms with Crippen molar-refractivity contribution in [1.29, 1.82) is 0 Å². The number of rotatable bonds is 6. The summed E-state index contributed by atoms with van der Waals surface area (Å²) in [6, 6.07) is 5.55. The smallest absolute Gasteiger partial charge is 0.381 e. The van der Waals surface area contributed by atoms with Gasteiger partial charge in [-0.2, -0.15) is 17.5 Å². The lowest BCUT2D eigenvalue weighted by atomic mass is 9.90. The Labute approximate surface area is 215 Å². The van der Waals surface area contributed by atoms with E-state index in [9.17, 15) is 26.7 Å². The molecular formula is C25H31F3N2O4S2. The van der Waals surface area contributed by atoms with Crippen molar-refractivity contribution in [3.8, 4) is 0 Å². The standard InChI is InChI=1S/C25H31F3N2O4S2/c1-24(31,25(26,27)28)19-6-8-20(9-7-19)30-13-12-29(17-21(30)16-18-10-14-34-15-11-18)36(32,33)23-5-3-2-4-22(23)35/h2-3,5-9,18,21,31H,4,10-17H2,1H3/t21-,24+/m1/s1. The molecule has 2 atom stereocenters. The molecule has 0 saturated carbocycles. The van der Waals surface area contributed by atoms with Crippen molar-refractivity contribution in [3.63, 3.8) is 0 Å². The lowest BCUT2D eigenvalue weighted by Gasteiger charge is -2.44. The summed E-state index contributed by atoms with van der Waals surface area (Å²) in [5.74, 6) is 0.358. The number of alkyl halides is 3. The van der Waals surface area contributed by atoms with Gasteiger partial charge in [-0.05, 0) is 55.9 Å². The SMILES string of the molecule is C[C@](O)(c1ccc(N2CCN(S(=O)(=O)C3=CC=CCC3=S)C[C@H]2CC2CCOCC2)cc1)C(F)(F)F. The minimum absolute atomic E-state index is 0.164. The Balaban J connectivity index is 1.59. The summed E-state index contributed by atoms with van der Waals surface area (Å²) in [6.45, 7) is 2.93. The number of nitrogens with zero attached hydrogens (tertiary/aromatic N) is 2. The van der Waals surface area contributed by atoms with Gasteiger partial charge in [0.25, 0.3) is 0 Å². The maximum absolute atomic E-state index is 13.4. The molecule has 1 aromatic carbocycles. The molecule has 36 heavy (non-hydrogen) atoms. The van der Waals surface area contributed by atoms with Gasteiger partial charge in [0.2, 0.25) is 10.0 Å². The molecule has 1 N–H and O–H groups in total.